The highest BCUT2D eigenvalue weighted by molar-refractivity contribution is 9.10. The Bertz CT molecular complexity index is 509. The molecule has 1 unspecified atom stereocenters. The Kier molecular flexibility index (Phi) is 4.65. The molecule has 4 heteroatoms. The molecular formula is C17H21BrO3. The van der Waals surface area contributed by atoms with E-state index in [1.54, 1.807) is 6.07 Å². The van der Waals surface area contributed by atoms with E-state index in [0.29, 0.717) is 12.2 Å². The van der Waals surface area contributed by atoms with Crippen LogP contribution in [0.3, 0.4) is 0 Å². The van der Waals surface area contributed by atoms with Crippen molar-refractivity contribution in [3.05, 3.63) is 28.2 Å². The molecule has 1 heterocycles. The average molecular weight is 353 g/mol. The van der Waals surface area contributed by atoms with E-state index in [1.165, 1.54) is 38.5 Å². The molecule has 0 radical (unpaired) electrons. The normalized spacial score (nSPS) is 24.1. The van der Waals surface area contributed by atoms with E-state index in [1.807, 2.05) is 12.1 Å². The zero-order chi connectivity index (χ0) is 14.7. The monoisotopic (exact) mass is 352 g/mol. The second-order valence-electron chi connectivity index (χ2n) is 6.13. The van der Waals surface area contributed by atoms with Crippen LogP contribution in [0.4, 0.5) is 0 Å². The van der Waals surface area contributed by atoms with Gasteiger partial charge in [0.25, 0.3) is 0 Å². The van der Waals surface area contributed by atoms with Crippen LogP contribution in [0.2, 0.25) is 0 Å². The quantitative estimate of drug-likeness (QED) is 0.747. The summed E-state index contributed by atoms with van der Waals surface area (Å²) in [6.07, 6.45) is 9.61. The van der Waals surface area contributed by atoms with Gasteiger partial charge in [0, 0.05) is 10.0 Å². The summed E-state index contributed by atoms with van der Waals surface area (Å²) in [4.78, 5) is 10.9. The van der Waals surface area contributed by atoms with Gasteiger partial charge in [0.15, 0.2) is 6.29 Å². The van der Waals surface area contributed by atoms with Crippen molar-refractivity contribution in [3.63, 3.8) is 0 Å². The minimum atomic E-state index is 0.139. The number of hydrogen-bond acceptors (Lipinski definition) is 3. The van der Waals surface area contributed by atoms with Crippen LogP contribution in [0.1, 0.15) is 55.3 Å². The zero-order valence-electron chi connectivity index (χ0n) is 12.1. The zero-order valence-corrected chi connectivity index (χ0v) is 13.7. The second kappa shape index (κ2) is 6.49. The van der Waals surface area contributed by atoms with Crippen molar-refractivity contribution in [2.24, 2.45) is 0 Å². The maximum Gasteiger partial charge on any atom is 0.151 e. The van der Waals surface area contributed by atoms with Gasteiger partial charge < -0.3 is 9.47 Å². The summed E-state index contributed by atoms with van der Waals surface area (Å²) in [6.45, 7) is 0.571. The van der Waals surface area contributed by atoms with Crippen LogP contribution in [0.25, 0.3) is 0 Å². The third-order valence-electron chi connectivity index (χ3n) is 4.63. The molecule has 0 amide bonds. The van der Waals surface area contributed by atoms with Gasteiger partial charge in [0.05, 0.1) is 11.7 Å². The van der Waals surface area contributed by atoms with Crippen LogP contribution in [0, 0.1) is 0 Å². The number of benzene rings is 1. The Morgan fingerprint density at radius 3 is 2.86 bits per heavy atom. The molecule has 0 bridgehead atoms. The van der Waals surface area contributed by atoms with Crippen molar-refractivity contribution in [2.75, 3.05) is 6.61 Å². The van der Waals surface area contributed by atoms with Crippen LogP contribution < -0.4 is 4.74 Å². The average Bonchev–Trinajstić information content (AvgIpc) is 2.90. The van der Waals surface area contributed by atoms with Gasteiger partial charge in [-0.1, -0.05) is 35.2 Å². The first-order valence-electron chi connectivity index (χ1n) is 7.76. The second-order valence-corrected chi connectivity index (χ2v) is 6.99. The third kappa shape index (κ3) is 3.49. The minimum absolute atomic E-state index is 0.139. The summed E-state index contributed by atoms with van der Waals surface area (Å²) in [5.74, 6) is 0.730. The molecule has 114 valence electrons. The molecule has 1 atom stereocenters. The molecule has 2 aliphatic rings. The van der Waals surface area contributed by atoms with E-state index in [-0.39, 0.29) is 11.7 Å². The highest BCUT2D eigenvalue weighted by Crippen LogP contribution is 2.41. The summed E-state index contributed by atoms with van der Waals surface area (Å²) >= 11 is 3.34. The van der Waals surface area contributed by atoms with E-state index >= 15 is 0 Å². The molecule has 0 aromatic heterocycles. The number of halogens is 1. The molecule has 1 saturated heterocycles. The molecule has 1 aliphatic carbocycles. The fourth-order valence-corrected chi connectivity index (χ4v) is 3.81. The molecular weight excluding hydrogens is 332 g/mol. The molecule has 1 aromatic carbocycles. The molecule has 3 nitrogen and oxygen atoms in total. The number of hydrogen-bond donors (Lipinski definition) is 0. The molecule has 1 spiro atoms. The van der Waals surface area contributed by atoms with Crippen LogP contribution in [-0.2, 0) is 4.74 Å². The Morgan fingerprint density at radius 1 is 1.29 bits per heavy atom. The Labute approximate surface area is 134 Å². The van der Waals surface area contributed by atoms with Gasteiger partial charge in [-0.15, -0.1) is 0 Å². The minimum Gasteiger partial charge on any atom is -0.491 e. The maximum absolute atomic E-state index is 10.9. The lowest BCUT2D eigenvalue weighted by atomic mass is 9.83. The summed E-state index contributed by atoms with van der Waals surface area (Å²) in [6, 6.07) is 5.49. The predicted molar refractivity (Wildman–Crippen MR) is 84.9 cm³/mol. The summed E-state index contributed by atoms with van der Waals surface area (Å²) in [5, 5.41) is 0. The first kappa shape index (κ1) is 15.0. The Balaban J connectivity index is 1.55. The molecule has 1 aliphatic heterocycles. The SMILES string of the molecule is O=Cc1cc(OCC2CCC3(CCCCC3)O2)ccc1Br. The van der Waals surface area contributed by atoms with Crippen LogP contribution in [-0.4, -0.2) is 24.6 Å². The van der Waals surface area contributed by atoms with Gasteiger partial charge in [0.2, 0.25) is 0 Å². The molecule has 0 N–H and O–H groups in total. The highest BCUT2D eigenvalue weighted by atomic mass is 79.9. The molecule has 3 rings (SSSR count). The number of aldehydes is 1. The number of rotatable bonds is 4. The van der Waals surface area contributed by atoms with Gasteiger partial charge in [-0.25, -0.2) is 0 Å². The lowest BCUT2D eigenvalue weighted by Crippen LogP contribution is -2.32. The van der Waals surface area contributed by atoms with Crippen LogP contribution in [0.5, 0.6) is 5.75 Å². The van der Waals surface area contributed by atoms with Crippen LogP contribution in [0.15, 0.2) is 22.7 Å². The topological polar surface area (TPSA) is 35.5 Å². The molecule has 21 heavy (non-hydrogen) atoms. The van der Waals surface area contributed by atoms with Crippen molar-refractivity contribution in [1.29, 1.82) is 0 Å². The van der Waals surface area contributed by atoms with E-state index in [2.05, 4.69) is 15.9 Å². The van der Waals surface area contributed by atoms with Crippen molar-refractivity contribution >= 4 is 22.2 Å². The van der Waals surface area contributed by atoms with Crippen molar-refractivity contribution < 1.29 is 14.3 Å². The lowest BCUT2D eigenvalue weighted by Gasteiger charge is -2.33. The van der Waals surface area contributed by atoms with E-state index in [9.17, 15) is 4.79 Å². The largest absolute Gasteiger partial charge is 0.491 e. The van der Waals surface area contributed by atoms with E-state index in [0.717, 1.165) is 22.9 Å². The Morgan fingerprint density at radius 2 is 2.10 bits per heavy atom. The van der Waals surface area contributed by atoms with Gasteiger partial charge in [-0.2, -0.15) is 0 Å². The third-order valence-corrected chi connectivity index (χ3v) is 5.36. The van der Waals surface area contributed by atoms with Crippen molar-refractivity contribution in [1.82, 2.24) is 0 Å². The maximum atomic E-state index is 10.9. The van der Waals surface area contributed by atoms with Crippen LogP contribution >= 0.6 is 15.9 Å². The smallest absolute Gasteiger partial charge is 0.151 e. The molecule has 1 saturated carbocycles. The van der Waals surface area contributed by atoms with Gasteiger partial charge in [-0.3, -0.25) is 4.79 Å². The predicted octanol–water partition coefficient (Wildman–Crippen LogP) is 4.52. The molecule has 1 aromatic rings. The van der Waals surface area contributed by atoms with Crippen molar-refractivity contribution in [2.45, 2.75) is 56.7 Å². The fraction of sp³-hybridized carbons (Fsp3) is 0.588. The lowest BCUT2D eigenvalue weighted by molar-refractivity contribution is -0.0748. The van der Waals surface area contributed by atoms with E-state index < -0.39 is 0 Å². The summed E-state index contributed by atoms with van der Waals surface area (Å²) in [7, 11) is 0. The first-order valence-corrected chi connectivity index (χ1v) is 8.55. The standard InChI is InChI=1S/C17H21BrO3/c18-16-5-4-14(10-13(16)11-19)20-12-15-6-9-17(21-15)7-2-1-3-8-17/h4-5,10-11,15H,1-3,6-9,12H2. The van der Waals surface area contributed by atoms with Crippen molar-refractivity contribution in [3.8, 4) is 5.75 Å². The van der Waals surface area contributed by atoms with E-state index in [4.69, 9.17) is 9.47 Å². The van der Waals surface area contributed by atoms with Gasteiger partial charge in [-0.05, 0) is 43.9 Å². The highest BCUT2D eigenvalue weighted by Gasteiger charge is 2.40. The van der Waals surface area contributed by atoms with Gasteiger partial charge >= 0.3 is 0 Å². The van der Waals surface area contributed by atoms with Gasteiger partial charge in [0.1, 0.15) is 12.4 Å². The molecule has 2 fully saturated rings. The first-order chi connectivity index (χ1) is 10.2. The number of carbonyl (C=O) groups excluding carboxylic acids is 1. The Hall–Kier alpha value is -0.870. The summed E-state index contributed by atoms with van der Waals surface area (Å²) < 4.78 is 12.9. The number of carbonyl (C=O) groups is 1. The summed E-state index contributed by atoms with van der Waals surface area (Å²) in [5.41, 5.74) is 0.753. The fourth-order valence-electron chi connectivity index (χ4n) is 3.47. The number of ether oxygens (including phenoxy) is 2.